The van der Waals surface area contributed by atoms with Crippen LogP contribution in [0.1, 0.15) is 0 Å². The molecule has 1 nitrogen and oxygen atoms in total. The van der Waals surface area contributed by atoms with Crippen molar-refractivity contribution in [2.24, 2.45) is 0 Å². The Hall–Kier alpha value is -1.41. The molecule has 0 bridgehead atoms. The molecule has 0 aliphatic rings. The van der Waals surface area contributed by atoms with Crippen LogP contribution in [0.5, 0.6) is 0 Å². The van der Waals surface area contributed by atoms with Crippen LogP contribution in [0.3, 0.4) is 0 Å². The van der Waals surface area contributed by atoms with E-state index in [1.165, 1.54) is 10.1 Å². The van der Waals surface area contributed by atoms with Crippen LogP contribution < -0.4 is 0 Å². The summed E-state index contributed by atoms with van der Waals surface area (Å²) in [5.41, 5.74) is 2.98. The maximum absolute atomic E-state index is 4.35. The van der Waals surface area contributed by atoms with Gasteiger partial charge in [0.2, 0.25) is 0 Å². The molecule has 0 atom stereocenters. The molecule has 1 aromatic heterocycles. The van der Waals surface area contributed by atoms with Gasteiger partial charge in [0.1, 0.15) is 0 Å². The van der Waals surface area contributed by atoms with Gasteiger partial charge in [0.25, 0.3) is 0 Å². The van der Waals surface area contributed by atoms with Gasteiger partial charge in [-0.25, -0.2) is 4.98 Å². The molecule has 0 amide bonds. The first-order valence-corrected chi connectivity index (χ1v) is 4.96. The zero-order valence-corrected chi connectivity index (χ0v) is 7.64. The number of benzene rings is 2. The highest BCUT2D eigenvalue weighted by molar-refractivity contribution is 7.16. The number of hydrogen-bond acceptors (Lipinski definition) is 2. The lowest BCUT2D eigenvalue weighted by Crippen LogP contribution is -1.73. The highest BCUT2D eigenvalue weighted by Crippen LogP contribution is 2.25. The topological polar surface area (TPSA) is 12.9 Å². The van der Waals surface area contributed by atoms with E-state index in [0.29, 0.717) is 0 Å². The Balaban J connectivity index is 2.65. The third kappa shape index (κ3) is 0.956. The summed E-state index contributed by atoms with van der Waals surface area (Å²) in [4.78, 5) is 4.35. The molecule has 0 saturated heterocycles. The summed E-state index contributed by atoms with van der Waals surface area (Å²) in [6.45, 7) is 0. The van der Waals surface area contributed by atoms with E-state index in [2.05, 4.69) is 29.2 Å². The van der Waals surface area contributed by atoms with Gasteiger partial charge < -0.3 is 0 Å². The Morgan fingerprint density at radius 3 is 3.23 bits per heavy atom. The molecule has 2 aromatic carbocycles. The Labute approximate surface area is 79.7 Å². The van der Waals surface area contributed by atoms with Gasteiger partial charge in [-0.1, -0.05) is 24.3 Å². The normalized spacial score (nSPS) is 11.1. The van der Waals surface area contributed by atoms with E-state index < -0.39 is 0 Å². The second-order valence-electron chi connectivity index (χ2n) is 2.90. The van der Waals surface area contributed by atoms with Crippen LogP contribution in [0.25, 0.3) is 21.0 Å². The summed E-state index contributed by atoms with van der Waals surface area (Å²) in [5.74, 6) is 0. The van der Waals surface area contributed by atoms with E-state index in [4.69, 9.17) is 0 Å². The van der Waals surface area contributed by atoms with E-state index in [1.807, 2.05) is 17.6 Å². The van der Waals surface area contributed by atoms with Crippen molar-refractivity contribution < 1.29 is 0 Å². The van der Waals surface area contributed by atoms with Gasteiger partial charge in [0.15, 0.2) is 0 Å². The maximum atomic E-state index is 4.35. The Kier molecular flexibility index (Phi) is 1.37. The first-order chi connectivity index (χ1) is 6.45. The molecule has 0 aliphatic carbocycles. The minimum atomic E-state index is 1.10. The van der Waals surface area contributed by atoms with Crippen LogP contribution in [0.2, 0.25) is 0 Å². The Bertz CT molecular complexity index is 568. The van der Waals surface area contributed by atoms with Crippen molar-refractivity contribution in [2.75, 3.05) is 0 Å². The standard InChI is InChI=1S/C11H6NS/c1-2-4-9-8(3-1)5-6-10-11(9)12-7-13-10/h1-2,4-7H. The zero-order valence-electron chi connectivity index (χ0n) is 6.82. The van der Waals surface area contributed by atoms with Crippen molar-refractivity contribution in [1.82, 2.24) is 4.98 Å². The lowest BCUT2D eigenvalue weighted by atomic mass is 10.1. The number of nitrogens with zero attached hydrogens (tertiary/aromatic N) is 1. The van der Waals surface area contributed by atoms with Crippen molar-refractivity contribution in [3.05, 3.63) is 41.9 Å². The molecular weight excluding hydrogens is 178 g/mol. The molecule has 0 aliphatic heterocycles. The molecule has 2 heteroatoms. The highest BCUT2D eigenvalue weighted by atomic mass is 32.1. The van der Waals surface area contributed by atoms with Crippen molar-refractivity contribution in [1.29, 1.82) is 0 Å². The maximum Gasteiger partial charge on any atom is 0.0890 e. The molecule has 61 valence electrons. The fourth-order valence-corrected chi connectivity index (χ4v) is 2.22. The van der Waals surface area contributed by atoms with Gasteiger partial charge in [0, 0.05) is 5.39 Å². The molecule has 0 unspecified atom stereocenters. The number of fused-ring (bicyclic) bond motifs is 3. The molecule has 1 heterocycles. The first kappa shape index (κ1) is 7.04. The van der Waals surface area contributed by atoms with Crippen LogP contribution in [0.15, 0.2) is 35.8 Å². The van der Waals surface area contributed by atoms with Crippen LogP contribution in [-0.4, -0.2) is 4.98 Å². The molecular formula is C11H6NS. The average molecular weight is 184 g/mol. The molecule has 0 spiro atoms. The smallest absolute Gasteiger partial charge is 0.0890 e. The summed E-state index contributed by atoms with van der Waals surface area (Å²) in [6.07, 6.45) is 0. The van der Waals surface area contributed by atoms with Crippen molar-refractivity contribution in [3.8, 4) is 0 Å². The van der Waals surface area contributed by atoms with Gasteiger partial charge in [-0.2, -0.15) is 0 Å². The SMILES string of the molecule is [c]1cccc2c1ccc1scnc12. The molecule has 3 rings (SSSR count). The quantitative estimate of drug-likeness (QED) is 0.522. The molecule has 0 fully saturated rings. The first-order valence-electron chi connectivity index (χ1n) is 4.08. The third-order valence-electron chi connectivity index (χ3n) is 2.14. The van der Waals surface area contributed by atoms with Crippen LogP contribution in [0, 0.1) is 6.07 Å². The van der Waals surface area contributed by atoms with Crippen molar-refractivity contribution in [2.45, 2.75) is 0 Å². The summed E-state index contributed by atoms with van der Waals surface area (Å²) >= 11 is 1.68. The van der Waals surface area contributed by atoms with Gasteiger partial charge >= 0.3 is 0 Å². The van der Waals surface area contributed by atoms with E-state index >= 15 is 0 Å². The Morgan fingerprint density at radius 2 is 2.23 bits per heavy atom. The van der Waals surface area contributed by atoms with E-state index in [1.54, 1.807) is 11.3 Å². The zero-order chi connectivity index (χ0) is 8.67. The fourth-order valence-electron chi connectivity index (χ4n) is 1.53. The summed E-state index contributed by atoms with van der Waals surface area (Å²) in [6, 6.07) is 13.4. The second kappa shape index (κ2) is 2.54. The minimum Gasteiger partial charge on any atom is -0.244 e. The second-order valence-corrected chi connectivity index (χ2v) is 3.78. The van der Waals surface area contributed by atoms with Crippen molar-refractivity contribution >= 4 is 32.3 Å². The minimum absolute atomic E-state index is 1.10. The van der Waals surface area contributed by atoms with Gasteiger partial charge in [-0.3, -0.25) is 0 Å². The van der Waals surface area contributed by atoms with Gasteiger partial charge in [-0.15, -0.1) is 11.3 Å². The van der Waals surface area contributed by atoms with Crippen LogP contribution >= 0.6 is 11.3 Å². The van der Waals surface area contributed by atoms with E-state index in [-0.39, 0.29) is 0 Å². The summed E-state index contributed by atoms with van der Waals surface area (Å²) < 4.78 is 1.24. The average Bonchev–Trinajstić information content (AvgIpc) is 2.65. The number of rotatable bonds is 0. The fraction of sp³-hybridized carbons (Fsp3) is 0. The van der Waals surface area contributed by atoms with Crippen LogP contribution in [0.4, 0.5) is 0 Å². The third-order valence-corrected chi connectivity index (χ3v) is 2.93. The lowest BCUT2D eigenvalue weighted by Gasteiger charge is -1.95. The highest BCUT2D eigenvalue weighted by Gasteiger charge is 2.00. The molecule has 0 N–H and O–H groups in total. The lowest BCUT2D eigenvalue weighted by molar-refractivity contribution is 1.52. The largest absolute Gasteiger partial charge is 0.244 e. The molecule has 0 saturated carbocycles. The molecule has 13 heavy (non-hydrogen) atoms. The summed E-state index contributed by atoms with van der Waals surface area (Å²) in [5, 5.41) is 2.34. The predicted molar refractivity (Wildman–Crippen MR) is 56.0 cm³/mol. The summed E-state index contributed by atoms with van der Waals surface area (Å²) in [7, 11) is 0. The Morgan fingerprint density at radius 1 is 1.23 bits per heavy atom. The molecule has 3 aromatic rings. The molecule has 1 radical (unpaired) electrons. The van der Waals surface area contributed by atoms with Gasteiger partial charge in [-0.05, 0) is 17.5 Å². The number of aromatic nitrogens is 1. The number of hydrogen-bond donors (Lipinski definition) is 0. The van der Waals surface area contributed by atoms with E-state index in [9.17, 15) is 0 Å². The predicted octanol–water partition coefficient (Wildman–Crippen LogP) is 3.25. The monoisotopic (exact) mass is 184 g/mol. The van der Waals surface area contributed by atoms with Crippen LogP contribution in [-0.2, 0) is 0 Å². The number of thiazole rings is 1. The van der Waals surface area contributed by atoms with Crippen molar-refractivity contribution in [3.63, 3.8) is 0 Å². The van der Waals surface area contributed by atoms with E-state index in [0.717, 1.165) is 10.9 Å². The van der Waals surface area contributed by atoms with Gasteiger partial charge in [0.05, 0.1) is 15.7 Å².